The van der Waals surface area contributed by atoms with Crippen LogP contribution in [0.25, 0.3) is 0 Å². The molecule has 0 saturated carbocycles. The van der Waals surface area contributed by atoms with Gasteiger partial charge in [0.25, 0.3) is 0 Å². The molecule has 2 aliphatic heterocycles. The van der Waals surface area contributed by atoms with Gasteiger partial charge in [0.2, 0.25) is 15.9 Å². The molecule has 1 aromatic rings. The summed E-state index contributed by atoms with van der Waals surface area (Å²) in [6.45, 7) is 3.63. The molecule has 6 nitrogen and oxygen atoms in total. The van der Waals surface area contributed by atoms with Crippen LogP contribution < -0.4 is 0 Å². The molecule has 2 saturated heterocycles. The number of carbonyl (C=O) groups is 1. The van der Waals surface area contributed by atoms with E-state index in [4.69, 9.17) is 0 Å². The number of aromatic nitrogens is 1. The van der Waals surface area contributed by atoms with E-state index in [1.165, 1.54) is 4.31 Å². The fourth-order valence-corrected chi connectivity index (χ4v) is 4.34. The molecule has 1 aromatic heterocycles. The van der Waals surface area contributed by atoms with Gasteiger partial charge in [0.05, 0.1) is 11.7 Å². The van der Waals surface area contributed by atoms with Crippen LogP contribution in [0.3, 0.4) is 0 Å². The van der Waals surface area contributed by atoms with Crippen molar-refractivity contribution in [2.75, 3.05) is 25.4 Å². The third kappa shape index (κ3) is 2.67. The van der Waals surface area contributed by atoms with Crippen LogP contribution in [0.1, 0.15) is 12.5 Å². The highest BCUT2D eigenvalue weighted by Gasteiger charge is 2.48. The summed E-state index contributed by atoms with van der Waals surface area (Å²) in [4.78, 5) is 18.3. The lowest BCUT2D eigenvalue weighted by Crippen LogP contribution is -2.36. The maximum Gasteiger partial charge on any atom is 0.227 e. The lowest BCUT2D eigenvalue weighted by Gasteiger charge is -2.21. The zero-order valence-corrected chi connectivity index (χ0v) is 12.8. The maximum absolute atomic E-state index is 12.4. The van der Waals surface area contributed by atoms with E-state index >= 15 is 0 Å². The van der Waals surface area contributed by atoms with Gasteiger partial charge in [-0.15, -0.1) is 0 Å². The van der Waals surface area contributed by atoms with Crippen molar-refractivity contribution in [1.82, 2.24) is 14.2 Å². The monoisotopic (exact) mass is 309 g/mol. The first-order valence-corrected chi connectivity index (χ1v) is 8.77. The molecule has 7 heteroatoms. The van der Waals surface area contributed by atoms with E-state index in [0.717, 1.165) is 5.56 Å². The quantitative estimate of drug-likeness (QED) is 0.803. The Balaban J connectivity index is 1.68. The average molecular weight is 309 g/mol. The van der Waals surface area contributed by atoms with Crippen molar-refractivity contribution in [2.45, 2.75) is 13.5 Å². The number of hydrogen-bond acceptors (Lipinski definition) is 4. The predicted molar refractivity (Wildman–Crippen MR) is 77.7 cm³/mol. The molecule has 3 heterocycles. The van der Waals surface area contributed by atoms with Crippen molar-refractivity contribution in [1.29, 1.82) is 0 Å². The van der Waals surface area contributed by atoms with E-state index in [1.807, 2.05) is 17.0 Å². The van der Waals surface area contributed by atoms with Gasteiger partial charge in [0, 0.05) is 44.5 Å². The Morgan fingerprint density at radius 3 is 2.76 bits per heavy atom. The lowest BCUT2D eigenvalue weighted by atomic mass is 10.0. The van der Waals surface area contributed by atoms with E-state index in [-0.39, 0.29) is 23.5 Å². The van der Waals surface area contributed by atoms with Crippen LogP contribution in [0.2, 0.25) is 0 Å². The predicted octanol–water partition coefficient (Wildman–Crippen LogP) is 0.321. The highest BCUT2D eigenvalue weighted by molar-refractivity contribution is 7.89. The van der Waals surface area contributed by atoms with E-state index in [0.29, 0.717) is 26.2 Å². The molecule has 0 aliphatic carbocycles. The maximum atomic E-state index is 12.4. The summed E-state index contributed by atoms with van der Waals surface area (Å²) in [5.74, 6) is 0.108. The Kier molecular flexibility index (Phi) is 3.71. The molecule has 1 amide bonds. The molecule has 0 spiro atoms. The first-order chi connectivity index (χ1) is 10.0. The van der Waals surface area contributed by atoms with Crippen LogP contribution in [-0.4, -0.2) is 53.9 Å². The van der Waals surface area contributed by atoms with E-state index < -0.39 is 10.0 Å². The fourth-order valence-electron chi connectivity index (χ4n) is 3.17. The Morgan fingerprint density at radius 1 is 1.33 bits per heavy atom. The van der Waals surface area contributed by atoms with Gasteiger partial charge in [-0.25, -0.2) is 12.7 Å². The van der Waals surface area contributed by atoms with Gasteiger partial charge in [-0.1, -0.05) is 6.07 Å². The number of carbonyl (C=O) groups excluding carboxylic acids is 1. The molecule has 2 atom stereocenters. The van der Waals surface area contributed by atoms with E-state index in [9.17, 15) is 13.2 Å². The van der Waals surface area contributed by atoms with Gasteiger partial charge >= 0.3 is 0 Å². The smallest absolute Gasteiger partial charge is 0.227 e. The van der Waals surface area contributed by atoms with Gasteiger partial charge in [-0.05, 0) is 18.6 Å². The third-order valence-electron chi connectivity index (χ3n) is 4.35. The van der Waals surface area contributed by atoms with Crippen LogP contribution in [0, 0.1) is 11.8 Å². The number of pyridine rings is 1. The van der Waals surface area contributed by atoms with Crippen molar-refractivity contribution < 1.29 is 13.2 Å². The molecule has 0 unspecified atom stereocenters. The van der Waals surface area contributed by atoms with Crippen LogP contribution in [0.4, 0.5) is 0 Å². The summed E-state index contributed by atoms with van der Waals surface area (Å²) < 4.78 is 25.3. The second-order valence-corrected chi connectivity index (χ2v) is 7.92. The summed E-state index contributed by atoms with van der Waals surface area (Å²) in [5, 5.41) is 0. The summed E-state index contributed by atoms with van der Waals surface area (Å²) in [6.07, 6.45) is 3.47. The number of hydrogen-bond donors (Lipinski definition) is 0. The topological polar surface area (TPSA) is 70.6 Å². The first kappa shape index (κ1) is 14.5. The average Bonchev–Trinajstić information content (AvgIpc) is 3.02. The standard InChI is InChI=1S/C14H19N3O3S/c1-2-21(19,20)17-9-12-8-16(14(18)13(12)10-17)7-11-4-3-5-15-6-11/h3-6,12-13H,2,7-10H2,1H3/t12-,13+/m0/s1. The van der Waals surface area contributed by atoms with E-state index in [2.05, 4.69) is 4.98 Å². The third-order valence-corrected chi connectivity index (χ3v) is 6.16. The number of likely N-dealkylation sites (tertiary alicyclic amines) is 1. The fraction of sp³-hybridized carbons (Fsp3) is 0.571. The number of amides is 1. The van der Waals surface area contributed by atoms with Crippen LogP contribution in [0.15, 0.2) is 24.5 Å². The van der Waals surface area contributed by atoms with Crippen LogP contribution in [-0.2, 0) is 21.4 Å². The normalized spacial score (nSPS) is 26.3. The molecule has 114 valence electrons. The number of sulfonamides is 1. The molecule has 3 rings (SSSR count). The molecule has 0 aromatic carbocycles. The highest BCUT2D eigenvalue weighted by atomic mass is 32.2. The summed E-state index contributed by atoms with van der Waals surface area (Å²) in [5.41, 5.74) is 1.00. The second-order valence-electron chi connectivity index (χ2n) is 5.66. The SMILES string of the molecule is CCS(=O)(=O)N1C[C@@H]2CN(Cc3cccnc3)C(=O)[C@@H]2C1. The van der Waals surface area contributed by atoms with Gasteiger partial charge < -0.3 is 4.90 Å². The molecule has 0 N–H and O–H groups in total. The van der Waals surface area contributed by atoms with Crippen molar-refractivity contribution in [3.63, 3.8) is 0 Å². The van der Waals surface area contributed by atoms with Gasteiger partial charge in [-0.2, -0.15) is 0 Å². The second kappa shape index (κ2) is 5.38. The Bertz CT molecular complexity index is 632. The highest BCUT2D eigenvalue weighted by Crippen LogP contribution is 2.34. The molecule has 21 heavy (non-hydrogen) atoms. The Hall–Kier alpha value is -1.47. The zero-order valence-electron chi connectivity index (χ0n) is 12.0. The minimum atomic E-state index is -3.19. The minimum absolute atomic E-state index is 0.0673. The van der Waals surface area contributed by atoms with Crippen molar-refractivity contribution in [3.8, 4) is 0 Å². The lowest BCUT2D eigenvalue weighted by molar-refractivity contribution is -0.131. The molecule has 0 bridgehead atoms. The van der Waals surface area contributed by atoms with Gasteiger partial charge in [0.15, 0.2) is 0 Å². The van der Waals surface area contributed by atoms with Crippen molar-refractivity contribution in [3.05, 3.63) is 30.1 Å². The summed E-state index contributed by atoms with van der Waals surface area (Å²) in [7, 11) is -3.19. The molecular weight excluding hydrogens is 290 g/mol. The van der Waals surface area contributed by atoms with Gasteiger partial charge in [-0.3, -0.25) is 9.78 Å². The largest absolute Gasteiger partial charge is 0.338 e. The summed E-state index contributed by atoms with van der Waals surface area (Å²) >= 11 is 0. The molecule has 0 radical (unpaired) electrons. The Labute approximate surface area is 124 Å². The Morgan fingerprint density at radius 2 is 2.14 bits per heavy atom. The molecular formula is C14H19N3O3S. The molecule has 2 fully saturated rings. The van der Waals surface area contributed by atoms with E-state index in [1.54, 1.807) is 19.3 Å². The minimum Gasteiger partial charge on any atom is -0.338 e. The van der Waals surface area contributed by atoms with Crippen molar-refractivity contribution in [2.24, 2.45) is 11.8 Å². The number of nitrogens with zero attached hydrogens (tertiary/aromatic N) is 3. The first-order valence-electron chi connectivity index (χ1n) is 7.17. The van der Waals surface area contributed by atoms with Crippen molar-refractivity contribution >= 4 is 15.9 Å². The zero-order chi connectivity index (χ0) is 15.0. The number of rotatable bonds is 4. The van der Waals surface area contributed by atoms with Crippen LogP contribution in [0.5, 0.6) is 0 Å². The van der Waals surface area contributed by atoms with Crippen LogP contribution >= 0.6 is 0 Å². The van der Waals surface area contributed by atoms with Gasteiger partial charge in [0.1, 0.15) is 0 Å². The number of fused-ring (bicyclic) bond motifs is 1. The molecule has 2 aliphatic rings. The summed E-state index contributed by atoms with van der Waals surface area (Å²) in [6, 6.07) is 3.80.